The quantitative estimate of drug-likeness (QED) is 0.843. The number of piperazine rings is 1. The minimum Gasteiger partial charge on any atom is -0.397 e. The van der Waals surface area contributed by atoms with Crippen molar-refractivity contribution in [1.29, 1.82) is 0 Å². The number of carbonyl (C=O) groups is 1. The van der Waals surface area contributed by atoms with Crippen LogP contribution in [0.15, 0.2) is 30.5 Å². The fourth-order valence-corrected chi connectivity index (χ4v) is 3.17. The van der Waals surface area contributed by atoms with Gasteiger partial charge in [-0.05, 0) is 19.2 Å². The van der Waals surface area contributed by atoms with Crippen molar-refractivity contribution in [2.75, 3.05) is 49.2 Å². The molecule has 0 bridgehead atoms. The molecular weight excluding hydrogens is 298 g/mol. The van der Waals surface area contributed by atoms with Crippen LogP contribution in [0.25, 0.3) is 0 Å². The summed E-state index contributed by atoms with van der Waals surface area (Å²) in [5.41, 5.74) is 7.02. The van der Waals surface area contributed by atoms with Gasteiger partial charge in [-0.15, -0.1) is 0 Å². The van der Waals surface area contributed by atoms with Crippen LogP contribution in [0.2, 0.25) is 0 Å². The van der Waals surface area contributed by atoms with Gasteiger partial charge in [0.25, 0.3) is 5.91 Å². The number of hydrogen-bond acceptors (Lipinski definition) is 6. The van der Waals surface area contributed by atoms with Gasteiger partial charge in [0.1, 0.15) is 4.88 Å². The zero-order chi connectivity index (χ0) is 15.5. The molecule has 1 aliphatic heterocycles. The molecule has 2 heterocycles. The lowest BCUT2D eigenvalue weighted by atomic mass is 10.2. The van der Waals surface area contributed by atoms with Crippen molar-refractivity contribution in [2.45, 2.75) is 0 Å². The van der Waals surface area contributed by atoms with Crippen LogP contribution in [0, 0.1) is 0 Å². The highest BCUT2D eigenvalue weighted by Crippen LogP contribution is 2.25. The molecule has 0 unspecified atom stereocenters. The van der Waals surface area contributed by atoms with Crippen LogP contribution in [0.4, 0.5) is 16.5 Å². The summed E-state index contributed by atoms with van der Waals surface area (Å²) in [6, 6.07) is 7.23. The number of rotatable bonds is 3. The van der Waals surface area contributed by atoms with Gasteiger partial charge in [0, 0.05) is 26.2 Å². The summed E-state index contributed by atoms with van der Waals surface area (Å²) in [7, 11) is 2.11. The van der Waals surface area contributed by atoms with E-state index in [2.05, 4.69) is 27.1 Å². The van der Waals surface area contributed by atoms with Crippen molar-refractivity contribution in [2.24, 2.45) is 0 Å². The van der Waals surface area contributed by atoms with Gasteiger partial charge in [0.15, 0.2) is 5.13 Å². The van der Waals surface area contributed by atoms with Crippen molar-refractivity contribution in [3.05, 3.63) is 35.3 Å². The molecule has 22 heavy (non-hydrogen) atoms. The van der Waals surface area contributed by atoms with Crippen LogP contribution < -0.4 is 16.0 Å². The Morgan fingerprint density at radius 3 is 2.73 bits per heavy atom. The maximum Gasteiger partial charge on any atom is 0.267 e. The Morgan fingerprint density at radius 2 is 2.00 bits per heavy atom. The molecule has 0 saturated carbocycles. The highest BCUT2D eigenvalue weighted by Gasteiger charge is 2.19. The first-order valence-electron chi connectivity index (χ1n) is 7.18. The maximum absolute atomic E-state index is 12.3. The first kappa shape index (κ1) is 14.8. The average molecular weight is 317 g/mol. The molecule has 1 aromatic heterocycles. The lowest BCUT2D eigenvalue weighted by molar-refractivity contribution is 0.103. The van der Waals surface area contributed by atoms with Crippen molar-refractivity contribution >= 4 is 33.8 Å². The summed E-state index contributed by atoms with van der Waals surface area (Å²) in [6.45, 7) is 3.91. The summed E-state index contributed by atoms with van der Waals surface area (Å²) in [4.78, 5) is 21.8. The summed E-state index contributed by atoms with van der Waals surface area (Å²) < 4.78 is 0. The zero-order valence-corrected chi connectivity index (χ0v) is 13.3. The summed E-state index contributed by atoms with van der Waals surface area (Å²) in [5, 5.41) is 3.73. The van der Waals surface area contributed by atoms with Gasteiger partial charge in [-0.3, -0.25) is 4.79 Å². The standard InChI is InChI=1S/C15H19N5OS/c1-19-6-8-20(9-7-19)15-17-10-13(22-15)14(21)18-12-5-3-2-4-11(12)16/h2-5,10H,6-9,16H2,1H3,(H,18,21). The second kappa shape index (κ2) is 6.33. The van der Waals surface area contributed by atoms with E-state index in [9.17, 15) is 4.79 Å². The van der Waals surface area contributed by atoms with E-state index in [0.717, 1.165) is 31.3 Å². The minimum absolute atomic E-state index is 0.171. The first-order chi connectivity index (χ1) is 10.6. The molecule has 6 nitrogen and oxygen atoms in total. The fourth-order valence-electron chi connectivity index (χ4n) is 2.31. The number of carbonyl (C=O) groups excluding carboxylic acids is 1. The van der Waals surface area contributed by atoms with Crippen LogP contribution in [-0.2, 0) is 0 Å². The Morgan fingerprint density at radius 1 is 1.27 bits per heavy atom. The molecule has 1 saturated heterocycles. The van der Waals surface area contributed by atoms with E-state index in [4.69, 9.17) is 5.73 Å². The number of thiazole rings is 1. The van der Waals surface area contributed by atoms with Gasteiger partial charge >= 0.3 is 0 Å². The summed E-state index contributed by atoms with van der Waals surface area (Å²) in [6.07, 6.45) is 1.63. The van der Waals surface area contributed by atoms with Gasteiger partial charge in [-0.1, -0.05) is 23.5 Å². The van der Waals surface area contributed by atoms with Crippen molar-refractivity contribution in [3.8, 4) is 0 Å². The third-order valence-corrected chi connectivity index (χ3v) is 4.76. The van der Waals surface area contributed by atoms with Gasteiger partial charge in [-0.25, -0.2) is 4.98 Å². The topological polar surface area (TPSA) is 74.5 Å². The fraction of sp³-hybridized carbons (Fsp3) is 0.333. The number of anilines is 3. The molecule has 1 aromatic carbocycles. The number of para-hydroxylation sites is 2. The van der Waals surface area contributed by atoms with E-state index in [1.54, 1.807) is 18.3 Å². The van der Waals surface area contributed by atoms with Crippen molar-refractivity contribution in [1.82, 2.24) is 9.88 Å². The Bertz CT molecular complexity index is 663. The number of nitrogens with zero attached hydrogens (tertiary/aromatic N) is 3. The van der Waals surface area contributed by atoms with Gasteiger partial charge in [-0.2, -0.15) is 0 Å². The number of nitrogen functional groups attached to an aromatic ring is 1. The number of nitrogens with one attached hydrogen (secondary N) is 1. The van der Waals surface area contributed by atoms with E-state index in [1.807, 2.05) is 12.1 Å². The number of nitrogens with two attached hydrogens (primary N) is 1. The lowest BCUT2D eigenvalue weighted by Gasteiger charge is -2.32. The Balaban J connectivity index is 1.68. The SMILES string of the molecule is CN1CCN(c2ncc(C(=O)Nc3ccccc3N)s2)CC1. The van der Waals surface area contributed by atoms with Gasteiger partial charge in [0.2, 0.25) is 0 Å². The third kappa shape index (κ3) is 3.20. The molecule has 3 rings (SSSR count). The Hall–Kier alpha value is -2.12. The van der Waals surface area contributed by atoms with Gasteiger partial charge < -0.3 is 20.9 Å². The number of benzene rings is 1. The van der Waals surface area contributed by atoms with Crippen LogP contribution in [0.5, 0.6) is 0 Å². The second-order valence-electron chi connectivity index (χ2n) is 5.34. The highest BCUT2D eigenvalue weighted by atomic mass is 32.1. The van der Waals surface area contributed by atoms with E-state index in [-0.39, 0.29) is 5.91 Å². The van der Waals surface area contributed by atoms with Crippen molar-refractivity contribution < 1.29 is 4.79 Å². The van der Waals surface area contributed by atoms with E-state index < -0.39 is 0 Å². The lowest BCUT2D eigenvalue weighted by Crippen LogP contribution is -2.44. The van der Waals surface area contributed by atoms with Crippen LogP contribution in [0.3, 0.4) is 0 Å². The molecular formula is C15H19N5OS. The molecule has 0 atom stereocenters. The number of aromatic nitrogens is 1. The maximum atomic E-state index is 12.3. The smallest absolute Gasteiger partial charge is 0.267 e. The molecule has 116 valence electrons. The molecule has 1 fully saturated rings. The predicted molar refractivity (Wildman–Crippen MR) is 90.6 cm³/mol. The Kier molecular flexibility index (Phi) is 4.26. The molecule has 7 heteroatoms. The van der Waals surface area contributed by atoms with Crippen LogP contribution in [0.1, 0.15) is 9.67 Å². The first-order valence-corrected chi connectivity index (χ1v) is 8.00. The molecule has 1 amide bonds. The third-order valence-electron chi connectivity index (χ3n) is 3.70. The monoisotopic (exact) mass is 317 g/mol. The van der Waals surface area contributed by atoms with E-state index in [1.165, 1.54) is 11.3 Å². The molecule has 2 aromatic rings. The average Bonchev–Trinajstić information content (AvgIpc) is 3.00. The van der Waals surface area contributed by atoms with E-state index in [0.29, 0.717) is 16.3 Å². The zero-order valence-electron chi connectivity index (χ0n) is 12.5. The highest BCUT2D eigenvalue weighted by molar-refractivity contribution is 7.17. The van der Waals surface area contributed by atoms with Gasteiger partial charge in [0.05, 0.1) is 17.6 Å². The summed E-state index contributed by atoms with van der Waals surface area (Å²) in [5.74, 6) is -0.171. The van der Waals surface area contributed by atoms with E-state index >= 15 is 0 Å². The largest absolute Gasteiger partial charge is 0.397 e. The normalized spacial score (nSPS) is 15.8. The molecule has 3 N–H and O–H groups in total. The second-order valence-corrected chi connectivity index (χ2v) is 6.35. The van der Waals surface area contributed by atoms with Crippen LogP contribution in [-0.4, -0.2) is 49.0 Å². The van der Waals surface area contributed by atoms with Crippen LogP contribution >= 0.6 is 11.3 Å². The predicted octanol–water partition coefficient (Wildman–Crippen LogP) is 1.73. The summed E-state index contributed by atoms with van der Waals surface area (Å²) >= 11 is 1.42. The number of amides is 1. The molecule has 0 radical (unpaired) electrons. The van der Waals surface area contributed by atoms with Crippen molar-refractivity contribution in [3.63, 3.8) is 0 Å². The number of hydrogen-bond donors (Lipinski definition) is 2. The minimum atomic E-state index is -0.171. The molecule has 1 aliphatic rings. The molecule has 0 aliphatic carbocycles. The number of likely N-dealkylation sites (N-methyl/N-ethyl adjacent to an activating group) is 1. The Labute approximate surface area is 133 Å². The molecule has 0 spiro atoms.